The maximum atomic E-state index is 2.46. The summed E-state index contributed by atoms with van der Waals surface area (Å²) in [6.45, 7) is 4.78. The molecule has 0 amide bonds. The Labute approximate surface area is 75.9 Å². The van der Waals surface area contributed by atoms with Crippen LogP contribution in [0.4, 0.5) is 0 Å². The summed E-state index contributed by atoms with van der Waals surface area (Å²) >= 11 is 0. The summed E-state index contributed by atoms with van der Waals surface area (Å²) in [5.41, 5.74) is 0. The van der Waals surface area contributed by atoms with Crippen LogP contribution in [0.1, 0.15) is 0 Å². The Morgan fingerprint density at radius 1 is 1.25 bits per heavy atom. The van der Waals surface area contributed by atoms with E-state index in [0.717, 1.165) is 0 Å². The fraction of sp³-hybridized carbons (Fsp3) is 1.00. The first-order valence-electron chi connectivity index (χ1n) is 4.63. The number of rotatable bonds is 2. The number of nitrogens with zero attached hydrogens (tertiary/aromatic N) is 3. The van der Waals surface area contributed by atoms with Gasteiger partial charge in [0.1, 0.15) is 0 Å². The molecule has 0 saturated carbocycles. The first-order chi connectivity index (χ1) is 5.59. The first kappa shape index (κ1) is 9.96. The highest BCUT2D eigenvalue weighted by atomic mass is 15.3. The number of hydrogen-bond donors (Lipinski definition) is 0. The third-order valence-corrected chi connectivity index (χ3v) is 2.56. The lowest BCUT2D eigenvalue weighted by atomic mass is 10.2. The molecule has 1 atom stereocenters. The van der Waals surface area contributed by atoms with Crippen LogP contribution in [-0.2, 0) is 0 Å². The Hall–Kier alpha value is -0.120. The molecule has 1 heterocycles. The number of likely N-dealkylation sites (N-methyl/N-ethyl adjacent to an activating group) is 3. The molecule has 0 bridgehead atoms. The summed E-state index contributed by atoms with van der Waals surface area (Å²) in [7, 11) is 8.71. The van der Waals surface area contributed by atoms with Crippen molar-refractivity contribution in [2.45, 2.75) is 6.04 Å². The molecule has 1 rings (SSSR count). The van der Waals surface area contributed by atoms with Crippen LogP contribution in [0.2, 0.25) is 0 Å². The summed E-state index contributed by atoms with van der Waals surface area (Å²) in [6.07, 6.45) is 0. The molecule has 0 aromatic carbocycles. The normalized spacial score (nSPS) is 28.2. The molecule has 0 aliphatic carbocycles. The highest BCUT2D eigenvalue weighted by Crippen LogP contribution is 2.05. The van der Waals surface area contributed by atoms with Crippen LogP contribution in [0, 0.1) is 0 Å². The second-order valence-corrected chi connectivity index (χ2v) is 4.16. The molecule has 1 aliphatic heterocycles. The molecule has 0 radical (unpaired) electrons. The molecule has 3 heteroatoms. The first-order valence-corrected chi connectivity index (χ1v) is 4.63. The third kappa shape index (κ3) is 2.73. The van der Waals surface area contributed by atoms with E-state index in [4.69, 9.17) is 0 Å². The smallest absolute Gasteiger partial charge is 0.0347 e. The Bertz CT molecular complexity index is 134. The van der Waals surface area contributed by atoms with Gasteiger partial charge in [0, 0.05) is 32.2 Å². The van der Waals surface area contributed by atoms with E-state index in [-0.39, 0.29) is 0 Å². The second kappa shape index (κ2) is 4.21. The summed E-state index contributed by atoms with van der Waals surface area (Å²) in [5, 5.41) is 0. The Kier molecular flexibility index (Phi) is 3.50. The minimum atomic E-state index is 0.707. The highest BCUT2D eigenvalue weighted by Gasteiger charge is 2.21. The highest BCUT2D eigenvalue weighted by molar-refractivity contribution is 4.79. The van der Waals surface area contributed by atoms with E-state index < -0.39 is 0 Å². The van der Waals surface area contributed by atoms with E-state index in [1.54, 1.807) is 0 Å². The minimum Gasteiger partial charge on any atom is -0.308 e. The van der Waals surface area contributed by atoms with Crippen molar-refractivity contribution in [3.8, 4) is 0 Å². The molecule has 0 aromatic rings. The van der Waals surface area contributed by atoms with Gasteiger partial charge in [0.05, 0.1) is 0 Å². The van der Waals surface area contributed by atoms with Crippen LogP contribution in [0.3, 0.4) is 0 Å². The van der Waals surface area contributed by atoms with Gasteiger partial charge in [-0.25, -0.2) is 0 Å². The lowest BCUT2D eigenvalue weighted by molar-refractivity contribution is 0.0951. The molecular weight excluding hydrogens is 150 g/mol. The van der Waals surface area contributed by atoms with E-state index in [1.807, 2.05) is 0 Å². The predicted octanol–water partition coefficient (Wildman–Crippen LogP) is -0.206. The van der Waals surface area contributed by atoms with Gasteiger partial charge in [-0.15, -0.1) is 0 Å². The molecular formula is C9H21N3. The molecule has 1 fully saturated rings. The van der Waals surface area contributed by atoms with E-state index in [0.29, 0.717) is 6.04 Å². The van der Waals surface area contributed by atoms with Gasteiger partial charge in [0.25, 0.3) is 0 Å². The largest absolute Gasteiger partial charge is 0.308 e. The lowest BCUT2D eigenvalue weighted by Crippen LogP contribution is -2.53. The number of hydrogen-bond acceptors (Lipinski definition) is 3. The maximum absolute atomic E-state index is 2.46. The van der Waals surface area contributed by atoms with Crippen molar-refractivity contribution in [3.05, 3.63) is 0 Å². The zero-order chi connectivity index (χ0) is 9.14. The lowest BCUT2D eigenvalue weighted by Gasteiger charge is -2.38. The molecule has 0 N–H and O–H groups in total. The van der Waals surface area contributed by atoms with Gasteiger partial charge in [-0.3, -0.25) is 4.90 Å². The van der Waals surface area contributed by atoms with E-state index >= 15 is 0 Å². The van der Waals surface area contributed by atoms with Crippen LogP contribution in [0.5, 0.6) is 0 Å². The summed E-state index contributed by atoms with van der Waals surface area (Å²) < 4.78 is 0. The van der Waals surface area contributed by atoms with Crippen molar-refractivity contribution < 1.29 is 0 Å². The van der Waals surface area contributed by atoms with Crippen LogP contribution in [0.15, 0.2) is 0 Å². The minimum absolute atomic E-state index is 0.707. The topological polar surface area (TPSA) is 9.72 Å². The van der Waals surface area contributed by atoms with Gasteiger partial charge in [-0.05, 0) is 28.2 Å². The van der Waals surface area contributed by atoms with Gasteiger partial charge >= 0.3 is 0 Å². The van der Waals surface area contributed by atoms with Crippen molar-refractivity contribution in [2.24, 2.45) is 0 Å². The van der Waals surface area contributed by atoms with E-state index in [2.05, 4.69) is 42.9 Å². The van der Waals surface area contributed by atoms with Crippen molar-refractivity contribution in [3.63, 3.8) is 0 Å². The van der Waals surface area contributed by atoms with Crippen molar-refractivity contribution in [1.29, 1.82) is 0 Å². The SMILES string of the molecule is CN(C)CC1CN(C)CCN1C. The van der Waals surface area contributed by atoms with E-state index in [1.165, 1.54) is 26.2 Å². The number of piperazine rings is 1. The molecule has 1 saturated heterocycles. The van der Waals surface area contributed by atoms with Gasteiger partial charge in [-0.2, -0.15) is 0 Å². The zero-order valence-electron chi connectivity index (χ0n) is 8.75. The molecule has 0 spiro atoms. The van der Waals surface area contributed by atoms with Crippen molar-refractivity contribution in [2.75, 3.05) is 54.4 Å². The summed E-state index contributed by atoms with van der Waals surface area (Å²) in [5.74, 6) is 0. The van der Waals surface area contributed by atoms with Crippen LogP contribution < -0.4 is 0 Å². The standard InChI is InChI=1S/C9H21N3/c1-10(2)7-9-8-11(3)5-6-12(9)4/h9H,5-8H2,1-4H3. The molecule has 12 heavy (non-hydrogen) atoms. The molecule has 1 aliphatic rings. The Morgan fingerprint density at radius 2 is 1.92 bits per heavy atom. The fourth-order valence-corrected chi connectivity index (χ4v) is 1.72. The van der Waals surface area contributed by atoms with Crippen LogP contribution in [-0.4, -0.2) is 75.1 Å². The monoisotopic (exact) mass is 171 g/mol. The van der Waals surface area contributed by atoms with Crippen LogP contribution in [0.25, 0.3) is 0 Å². The van der Waals surface area contributed by atoms with Crippen molar-refractivity contribution >= 4 is 0 Å². The Balaban J connectivity index is 2.38. The molecule has 72 valence electrons. The fourth-order valence-electron chi connectivity index (χ4n) is 1.72. The average Bonchev–Trinajstić information content (AvgIpc) is 1.96. The Morgan fingerprint density at radius 3 is 2.50 bits per heavy atom. The van der Waals surface area contributed by atoms with Gasteiger partial charge in [-0.1, -0.05) is 0 Å². The quantitative estimate of drug-likeness (QED) is 0.569. The average molecular weight is 171 g/mol. The predicted molar refractivity (Wildman–Crippen MR) is 52.5 cm³/mol. The zero-order valence-corrected chi connectivity index (χ0v) is 8.75. The van der Waals surface area contributed by atoms with Crippen molar-refractivity contribution in [1.82, 2.24) is 14.7 Å². The summed E-state index contributed by atoms with van der Waals surface area (Å²) in [4.78, 5) is 7.13. The second-order valence-electron chi connectivity index (χ2n) is 4.16. The van der Waals surface area contributed by atoms with Gasteiger partial charge in [0.2, 0.25) is 0 Å². The van der Waals surface area contributed by atoms with Gasteiger partial charge in [0.15, 0.2) is 0 Å². The maximum Gasteiger partial charge on any atom is 0.0347 e. The summed E-state index contributed by atoms with van der Waals surface area (Å²) in [6, 6.07) is 0.707. The van der Waals surface area contributed by atoms with Crippen LogP contribution >= 0.6 is 0 Å². The molecule has 1 unspecified atom stereocenters. The molecule has 0 aromatic heterocycles. The molecule has 3 nitrogen and oxygen atoms in total. The third-order valence-electron chi connectivity index (χ3n) is 2.56. The van der Waals surface area contributed by atoms with Gasteiger partial charge < -0.3 is 9.80 Å². The van der Waals surface area contributed by atoms with E-state index in [9.17, 15) is 0 Å².